The van der Waals surface area contributed by atoms with Crippen LogP contribution in [0.25, 0.3) is 0 Å². The summed E-state index contributed by atoms with van der Waals surface area (Å²) < 4.78 is 0.778. The largest absolute Gasteiger partial charge is 0.357 e. The fourth-order valence-electron chi connectivity index (χ4n) is 2.71. The lowest BCUT2D eigenvalue weighted by Crippen LogP contribution is -2.27. The maximum absolute atomic E-state index is 12.3. The Hall–Kier alpha value is -1.87. The molecule has 9 heteroatoms. The number of aromatic nitrogens is 3. The van der Waals surface area contributed by atoms with Crippen molar-refractivity contribution in [3.63, 3.8) is 0 Å². The maximum atomic E-state index is 12.3. The van der Waals surface area contributed by atoms with Crippen LogP contribution in [-0.2, 0) is 0 Å². The number of aromatic amines is 1. The van der Waals surface area contributed by atoms with Crippen LogP contribution in [0.3, 0.4) is 0 Å². The Labute approximate surface area is 153 Å². The van der Waals surface area contributed by atoms with Gasteiger partial charge in [-0.05, 0) is 31.7 Å². The van der Waals surface area contributed by atoms with Crippen LogP contribution in [0.15, 0.2) is 16.6 Å². The van der Waals surface area contributed by atoms with Gasteiger partial charge in [0.2, 0.25) is 5.13 Å². The van der Waals surface area contributed by atoms with Gasteiger partial charge < -0.3 is 15.2 Å². The summed E-state index contributed by atoms with van der Waals surface area (Å²) in [7, 11) is 0. The molecule has 0 radical (unpaired) electrons. The fourth-order valence-corrected chi connectivity index (χ4v) is 4.43. The van der Waals surface area contributed by atoms with E-state index in [9.17, 15) is 9.59 Å². The number of Topliss-reactive ketones (excluding diaryl/α,β-unsaturated/α-hetero) is 1. The van der Waals surface area contributed by atoms with E-state index in [1.165, 1.54) is 35.9 Å². The van der Waals surface area contributed by atoms with Crippen LogP contribution in [0.5, 0.6) is 0 Å². The molecule has 1 saturated heterocycles. The number of H-pyrrole nitrogens is 1. The lowest BCUT2D eigenvalue weighted by atomic mass is 10.2. The topological polar surface area (TPSA) is 91.0 Å². The summed E-state index contributed by atoms with van der Waals surface area (Å²) in [6, 6.07) is 2.20. The minimum absolute atomic E-state index is 0.0198. The molecule has 7 nitrogen and oxygen atoms in total. The smallest absolute Gasteiger partial charge is 0.270 e. The first kappa shape index (κ1) is 16.6. The summed E-state index contributed by atoms with van der Waals surface area (Å²) in [4.78, 5) is 29.4. The zero-order chi connectivity index (χ0) is 17.2. The first-order valence-electron chi connectivity index (χ1n) is 8.43. The standard InChI is InChI=1S/C16H19N5O2S2/c22-13(9-24-16-20-19-15(25-16)18-11-3-4-11)10-7-12(17-8-10)14(23)21-5-1-2-6-21/h7-8,11,17H,1-6,9H2,(H,18,19). The predicted molar refractivity (Wildman–Crippen MR) is 97.5 cm³/mol. The molecule has 1 aliphatic heterocycles. The number of amides is 1. The fraction of sp³-hybridized carbons (Fsp3) is 0.500. The van der Waals surface area contributed by atoms with E-state index >= 15 is 0 Å². The van der Waals surface area contributed by atoms with E-state index in [2.05, 4.69) is 20.5 Å². The molecule has 2 aromatic rings. The van der Waals surface area contributed by atoms with Gasteiger partial charge in [0.25, 0.3) is 5.91 Å². The molecule has 0 atom stereocenters. The average molecular weight is 377 g/mol. The van der Waals surface area contributed by atoms with Gasteiger partial charge in [0, 0.05) is 30.9 Å². The second kappa shape index (κ2) is 7.17. The molecule has 0 spiro atoms. The summed E-state index contributed by atoms with van der Waals surface area (Å²) >= 11 is 2.85. The van der Waals surface area contributed by atoms with Gasteiger partial charge in [-0.2, -0.15) is 0 Å². The minimum atomic E-state index is -0.0240. The van der Waals surface area contributed by atoms with Crippen LogP contribution in [0.1, 0.15) is 46.5 Å². The predicted octanol–water partition coefficient (Wildman–Crippen LogP) is 2.65. The molecule has 2 fully saturated rings. The average Bonchev–Trinajstić information content (AvgIpc) is 3.08. The lowest BCUT2D eigenvalue weighted by molar-refractivity contribution is 0.0787. The molecule has 2 aromatic heterocycles. The van der Waals surface area contributed by atoms with Gasteiger partial charge in [0.1, 0.15) is 5.69 Å². The molecule has 1 saturated carbocycles. The molecule has 0 unspecified atom stereocenters. The van der Waals surface area contributed by atoms with Gasteiger partial charge in [-0.25, -0.2) is 0 Å². The number of thioether (sulfide) groups is 1. The van der Waals surface area contributed by atoms with Gasteiger partial charge in [0.15, 0.2) is 10.1 Å². The van der Waals surface area contributed by atoms with Gasteiger partial charge >= 0.3 is 0 Å². The van der Waals surface area contributed by atoms with Crippen molar-refractivity contribution in [2.45, 2.75) is 36.1 Å². The van der Waals surface area contributed by atoms with Gasteiger partial charge in [-0.3, -0.25) is 9.59 Å². The Balaban J connectivity index is 1.31. The number of carbonyl (C=O) groups is 2. The highest BCUT2D eigenvalue weighted by atomic mass is 32.2. The third-order valence-electron chi connectivity index (χ3n) is 4.27. The van der Waals surface area contributed by atoms with E-state index in [1.807, 2.05) is 4.90 Å². The van der Waals surface area contributed by atoms with E-state index in [-0.39, 0.29) is 17.4 Å². The van der Waals surface area contributed by atoms with Crippen molar-refractivity contribution in [2.75, 3.05) is 24.2 Å². The summed E-state index contributed by atoms with van der Waals surface area (Å²) in [5.41, 5.74) is 1.03. The Morgan fingerprint density at radius 3 is 2.88 bits per heavy atom. The van der Waals surface area contributed by atoms with E-state index in [0.29, 0.717) is 17.3 Å². The van der Waals surface area contributed by atoms with Crippen molar-refractivity contribution < 1.29 is 9.59 Å². The molecule has 132 valence electrons. The van der Waals surface area contributed by atoms with Crippen molar-refractivity contribution in [3.8, 4) is 0 Å². The number of ketones is 1. The molecule has 4 rings (SSSR count). The first-order chi connectivity index (χ1) is 12.2. The van der Waals surface area contributed by atoms with Crippen molar-refractivity contribution in [2.24, 2.45) is 0 Å². The Bertz CT molecular complexity index is 777. The summed E-state index contributed by atoms with van der Waals surface area (Å²) in [6.45, 7) is 1.59. The third-order valence-corrected chi connectivity index (χ3v) is 6.25. The molecule has 3 heterocycles. The van der Waals surface area contributed by atoms with E-state index in [1.54, 1.807) is 12.3 Å². The van der Waals surface area contributed by atoms with Gasteiger partial charge in [-0.15, -0.1) is 10.2 Å². The SMILES string of the molecule is O=C(CSc1nnc(NC2CC2)s1)c1c[nH]c(C(=O)N2CCCC2)c1. The Morgan fingerprint density at radius 2 is 2.12 bits per heavy atom. The third kappa shape index (κ3) is 4.04. The van der Waals surface area contributed by atoms with E-state index in [4.69, 9.17) is 0 Å². The zero-order valence-corrected chi connectivity index (χ0v) is 15.3. The van der Waals surface area contributed by atoms with Crippen molar-refractivity contribution in [3.05, 3.63) is 23.5 Å². The maximum Gasteiger partial charge on any atom is 0.270 e. The van der Waals surface area contributed by atoms with Crippen LogP contribution in [-0.4, -0.2) is 56.7 Å². The molecule has 1 amide bonds. The van der Waals surface area contributed by atoms with Gasteiger partial charge in [-0.1, -0.05) is 23.1 Å². The van der Waals surface area contributed by atoms with Crippen molar-refractivity contribution in [1.82, 2.24) is 20.1 Å². The van der Waals surface area contributed by atoms with E-state index in [0.717, 1.165) is 35.4 Å². The molecular weight excluding hydrogens is 358 g/mol. The van der Waals surface area contributed by atoms with Crippen molar-refractivity contribution >= 4 is 39.9 Å². The monoisotopic (exact) mass is 377 g/mol. The van der Waals surface area contributed by atoms with Gasteiger partial charge in [0.05, 0.1) is 5.75 Å². The van der Waals surface area contributed by atoms with Crippen LogP contribution in [0.4, 0.5) is 5.13 Å². The van der Waals surface area contributed by atoms with Crippen LogP contribution in [0.2, 0.25) is 0 Å². The molecular formula is C16H19N5O2S2. The highest BCUT2D eigenvalue weighted by Crippen LogP contribution is 2.30. The summed E-state index contributed by atoms with van der Waals surface area (Å²) in [5.74, 6) is 0.241. The molecule has 2 N–H and O–H groups in total. The molecule has 0 aromatic carbocycles. The summed E-state index contributed by atoms with van der Waals surface area (Å²) in [5, 5.41) is 12.3. The quantitative estimate of drug-likeness (QED) is 0.569. The second-order valence-electron chi connectivity index (χ2n) is 6.30. The molecule has 0 bridgehead atoms. The molecule has 2 aliphatic rings. The zero-order valence-electron chi connectivity index (χ0n) is 13.7. The first-order valence-corrected chi connectivity index (χ1v) is 10.2. The number of rotatable bonds is 7. The number of hydrogen-bond acceptors (Lipinski definition) is 7. The van der Waals surface area contributed by atoms with Crippen LogP contribution < -0.4 is 5.32 Å². The number of hydrogen-bond donors (Lipinski definition) is 2. The number of nitrogens with one attached hydrogen (secondary N) is 2. The van der Waals surface area contributed by atoms with Crippen molar-refractivity contribution in [1.29, 1.82) is 0 Å². The minimum Gasteiger partial charge on any atom is -0.357 e. The number of carbonyl (C=O) groups excluding carboxylic acids is 2. The van der Waals surface area contributed by atoms with E-state index < -0.39 is 0 Å². The lowest BCUT2D eigenvalue weighted by Gasteiger charge is -2.13. The summed E-state index contributed by atoms with van der Waals surface area (Å²) in [6.07, 6.45) is 6.09. The van der Waals surface area contributed by atoms with Crippen LogP contribution >= 0.6 is 23.1 Å². The number of nitrogens with zero attached hydrogens (tertiary/aromatic N) is 3. The Morgan fingerprint density at radius 1 is 1.32 bits per heavy atom. The molecule has 1 aliphatic carbocycles. The Kier molecular flexibility index (Phi) is 4.76. The number of anilines is 1. The highest BCUT2D eigenvalue weighted by molar-refractivity contribution is 8.01. The number of likely N-dealkylation sites (tertiary alicyclic amines) is 1. The second-order valence-corrected chi connectivity index (χ2v) is 8.50. The van der Waals surface area contributed by atoms with Crippen LogP contribution in [0, 0.1) is 0 Å². The highest BCUT2D eigenvalue weighted by Gasteiger charge is 2.23. The normalized spacial score (nSPS) is 17.0. The molecule has 25 heavy (non-hydrogen) atoms.